The topological polar surface area (TPSA) is 83.5 Å². The van der Waals surface area contributed by atoms with Crippen LogP contribution in [-0.4, -0.2) is 46.0 Å². The monoisotopic (exact) mass is 427 g/mol. The van der Waals surface area contributed by atoms with Crippen LogP contribution in [0.1, 0.15) is 25.8 Å². The Morgan fingerprint density at radius 3 is 2.42 bits per heavy atom. The number of imidazole rings is 1. The van der Waals surface area contributed by atoms with Crippen molar-refractivity contribution in [1.29, 1.82) is 0 Å². The van der Waals surface area contributed by atoms with Gasteiger partial charge in [0.15, 0.2) is 22.7 Å². The third-order valence-corrected chi connectivity index (χ3v) is 5.94. The normalized spacial score (nSPS) is 13.5. The second-order valence-corrected chi connectivity index (χ2v) is 7.59. The number of aryl methyl sites for hydroxylation is 2. The van der Waals surface area contributed by atoms with Gasteiger partial charge >= 0.3 is 5.69 Å². The van der Waals surface area contributed by atoms with Gasteiger partial charge in [0.1, 0.15) is 0 Å². The number of anilines is 1. The highest BCUT2D eigenvalue weighted by Crippen LogP contribution is 2.29. The van der Waals surface area contributed by atoms with E-state index in [1.165, 1.54) is 4.57 Å². The van der Waals surface area contributed by atoms with Gasteiger partial charge in [-0.15, -0.1) is 0 Å². The van der Waals surface area contributed by atoms with Gasteiger partial charge in [-0.25, -0.2) is 4.79 Å². The molecular formula is C22H29N5O4. The molecule has 4 rings (SSSR count). The molecule has 0 spiro atoms. The van der Waals surface area contributed by atoms with E-state index >= 15 is 0 Å². The van der Waals surface area contributed by atoms with Gasteiger partial charge < -0.3 is 18.9 Å². The molecule has 0 aliphatic carbocycles. The zero-order valence-corrected chi connectivity index (χ0v) is 18.6. The summed E-state index contributed by atoms with van der Waals surface area (Å²) >= 11 is 0. The molecule has 166 valence electrons. The first-order valence-corrected chi connectivity index (χ1v) is 10.7. The fourth-order valence-electron chi connectivity index (χ4n) is 4.33. The Bertz CT molecular complexity index is 1220. The molecule has 1 aromatic carbocycles. The van der Waals surface area contributed by atoms with Gasteiger partial charge in [0.25, 0.3) is 5.56 Å². The minimum absolute atomic E-state index is 0.257. The van der Waals surface area contributed by atoms with Crippen LogP contribution in [0.2, 0.25) is 0 Å². The lowest BCUT2D eigenvalue weighted by Gasteiger charge is -2.29. The zero-order valence-electron chi connectivity index (χ0n) is 18.6. The summed E-state index contributed by atoms with van der Waals surface area (Å²) in [5, 5.41) is 0. The number of methoxy groups -OCH3 is 2. The fraction of sp³-hybridized carbons (Fsp3) is 0.500. The van der Waals surface area contributed by atoms with Crippen molar-refractivity contribution in [3.63, 3.8) is 0 Å². The molecule has 9 heteroatoms. The molecule has 3 aromatic rings. The maximum atomic E-state index is 13.0. The number of nitrogens with zero attached hydrogens (tertiary/aromatic N) is 5. The van der Waals surface area contributed by atoms with Crippen molar-refractivity contribution in [2.24, 2.45) is 0 Å². The van der Waals surface area contributed by atoms with E-state index < -0.39 is 0 Å². The number of benzene rings is 1. The highest BCUT2D eigenvalue weighted by molar-refractivity contribution is 5.75. The Labute approximate surface area is 180 Å². The van der Waals surface area contributed by atoms with E-state index in [1.54, 1.807) is 18.8 Å². The van der Waals surface area contributed by atoms with Crippen molar-refractivity contribution in [2.45, 2.75) is 46.3 Å². The molecule has 2 aromatic heterocycles. The maximum absolute atomic E-state index is 13.0. The molecule has 0 amide bonds. The maximum Gasteiger partial charge on any atom is 0.332 e. The molecule has 0 radical (unpaired) electrons. The lowest BCUT2D eigenvalue weighted by Crippen LogP contribution is -2.40. The van der Waals surface area contributed by atoms with Crippen LogP contribution in [0.15, 0.2) is 27.8 Å². The number of aromatic nitrogens is 4. The molecule has 0 N–H and O–H groups in total. The van der Waals surface area contributed by atoms with Crippen molar-refractivity contribution in [3.8, 4) is 11.5 Å². The Hall–Kier alpha value is -3.23. The summed E-state index contributed by atoms with van der Waals surface area (Å²) in [6.07, 6.45) is 1.71. The highest BCUT2D eigenvalue weighted by Gasteiger charge is 2.26. The average molecular weight is 428 g/mol. The second-order valence-electron chi connectivity index (χ2n) is 7.59. The Morgan fingerprint density at radius 1 is 1.00 bits per heavy atom. The predicted octanol–water partition coefficient (Wildman–Crippen LogP) is 1.87. The minimum atomic E-state index is -0.296. The van der Waals surface area contributed by atoms with E-state index in [2.05, 4.69) is 4.90 Å². The van der Waals surface area contributed by atoms with E-state index in [-0.39, 0.29) is 11.2 Å². The first-order chi connectivity index (χ1) is 15.0. The second kappa shape index (κ2) is 8.49. The van der Waals surface area contributed by atoms with Crippen LogP contribution in [0, 0.1) is 0 Å². The van der Waals surface area contributed by atoms with Crippen LogP contribution in [0.3, 0.4) is 0 Å². The third-order valence-electron chi connectivity index (χ3n) is 5.94. The van der Waals surface area contributed by atoms with Gasteiger partial charge in [-0.1, -0.05) is 6.07 Å². The number of hydrogen-bond donors (Lipinski definition) is 0. The largest absolute Gasteiger partial charge is 0.493 e. The molecule has 9 nitrogen and oxygen atoms in total. The number of rotatable bonds is 7. The van der Waals surface area contributed by atoms with Crippen molar-refractivity contribution >= 4 is 17.1 Å². The summed E-state index contributed by atoms with van der Waals surface area (Å²) in [5.41, 5.74) is 1.58. The van der Waals surface area contributed by atoms with E-state index in [1.807, 2.05) is 36.6 Å². The summed E-state index contributed by atoms with van der Waals surface area (Å²) in [6.45, 7) is 6.86. The summed E-state index contributed by atoms with van der Waals surface area (Å²) in [5.74, 6) is 2.17. The standard InChI is InChI=1S/C22H29N5O4/c1-5-25-19-18(20(28)26(6-2)22(25)29)27-12-7-11-24(21(27)23-19)13-10-15-8-9-16(30-3)17(14-15)31-4/h8-9,14H,5-7,10-13H2,1-4H3. The molecule has 1 aliphatic rings. The van der Waals surface area contributed by atoms with Crippen LogP contribution >= 0.6 is 0 Å². The Kier molecular flexibility index (Phi) is 5.75. The predicted molar refractivity (Wildman–Crippen MR) is 120 cm³/mol. The molecular weight excluding hydrogens is 398 g/mol. The van der Waals surface area contributed by atoms with Crippen molar-refractivity contribution < 1.29 is 9.47 Å². The van der Waals surface area contributed by atoms with Gasteiger partial charge in [0.2, 0.25) is 5.95 Å². The molecule has 0 bridgehead atoms. The Morgan fingerprint density at radius 2 is 1.74 bits per heavy atom. The van der Waals surface area contributed by atoms with E-state index in [4.69, 9.17) is 14.5 Å². The smallest absolute Gasteiger partial charge is 0.332 e. The first kappa shape index (κ1) is 21.0. The molecule has 31 heavy (non-hydrogen) atoms. The van der Waals surface area contributed by atoms with Gasteiger partial charge in [-0.2, -0.15) is 4.98 Å². The molecule has 0 fully saturated rings. The van der Waals surface area contributed by atoms with Gasteiger partial charge in [0.05, 0.1) is 14.2 Å². The molecule has 0 atom stereocenters. The number of hydrogen-bond acceptors (Lipinski definition) is 6. The van der Waals surface area contributed by atoms with Crippen LogP contribution in [-0.2, 0) is 26.1 Å². The van der Waals surface area contributed by atoms with Crippen LogP contribution in [0.4, 0.5) is 5.95 Å². The lowest BCUT2D eigenvalue weighted by atomic mass is 10.1. The fourth-order valence-corrected chi connectivity index (χ4v) is 4.33. The van der Waals surface area contributed by atoms with Gasteiger partial charge in [-0.3, -0.25) is 13.9 Å². The van der Waals surface area contributed by atoms with E-state index in [0.29, 0.717) is 35.8 Å². The van der Waals surface area contributed by atoms with Crippen LogP contribution < -0.4 is 25.6 Å². The summed E-state index contributed by atoms with van der Waals surface area (Å²) < 4.78 is 15.6. The SMILES string of the molecule is CCn1c(=O)c2c(nc3n2CCCN3CCc2ccc(OC)c(OC)c2)n(CC)c1=O. The lowest BCUT2D eigenvalue weighted by molar-refractivity contribution is 0.354. The van der Waals surface area contributed by atoms with E-state index in [9.17, 15) is 9.59 Å². The number of fused-ring (bicyclic) bond motifs is 3. The van der Waals surface area contributed by atoms with Gasteiger partial charge in [-0.05, 0) is 44.4 Å². The molecule has 0 unspecified atom stereocenters. The molecule has 3 heterocycles. The molecule has 0 saturated carbocycles. The van der Waals surface area contributed by atoms with Crippen molar-refractivity contribution in [2.75, 3.05) is 32.2 Å². The summed E-state index contributed by atoms with van der Waals surface area (Å²) in [7, 11) is 3.25. The van der Waals surface area contributed by atoms with Crippen molar-refractivity contribution in [3.05, 3.63) is 44.6 Å². The first-order valence-electron chi connectivity index (χ1n) is 10.7. The van der Waals surface area contributed by atoms with E-state index in [0.717, 1.165) is 44.0 Å². The summed E-state index contributed by atoms with van der Waals surface area (Å²) in [4.78, 5) is 32.7. The zero-order chi connectivity index (χ0) is 22.1. The Balaban J connectivity index is 1.71. The highest BCUT2D eigenvalue weighted by atomic mass is 16.5. The van der Waals surface area contributed by atoms with Crippen LogP contribution in [0.5, 0.6) is 11.5 Å². The molecule has 0 saturated heterocycles. The van der Waals surface area contributed by atoms with Crippen LogP contribution in [0.25, 0.3) is 11.2 Å². The average Bonchev–Trinajstić information content (AvgIpc) is 3.18. The van der Waals surface area contributed by atoms with Gasteiger partial charge in [0, 0.05) is 32.7 Å². The third kappa shape index (κ3) is 3.47. The quantitative estimate of drug-likeness (QED) is 0.572. The van der Waals surface area contributed by atoms with Crippen molar-refractivity contribution in [1.82, 2.24) is 18.7 Å². The number of ether oxygens (including phenoxy) is 2. The summed E-state index contributed by atoms with van der Waals surface area (Å²) in [6, 6.07) is 5.93. The molecule has 1 aliphatic heterocycles. The minimum Gasteiger partial charge on any atom is -0.493 e.